The maximum Gasteiger partial charge on any atom is 0.188 e. The van der Waals surface area contributed by atoms with Crippen LogP contribution in [0.25, 0.3) is 0 Å². The minimum Gasteiger partial charge on any atom is -0.432 e. The predicted molar refractivity (Wildman–Crippen MR) is 81.3 cm³/mol. The van der Waals surface area contributed by atoms with Crippen LogP contribution in [0.15, 0.2) is 18.2 Å². The minimum absolute atomic E-state index is 0.0184. The van der Waals surface area contributed by atoms with Gasteiger partial charge in [-0.3, -0.25) is 0 Å². The van der Waals surface area contributed by atoms with Gasteiger partial charge in [0.25, 0.3) is 0 Å². The van der Waals surface area contributed by atoms with Crippen LogP contribution in [0, 0.1) is 10.5 Å². The number of benzene rings is 1. The number of hydrogen-bond donors (Lipinski definition) is 1. The molecule has 0 saturated carbocycles. The third-order valence-electron chi connectivity index (χ3n) is 3.59. The molecule has 1 N–H and O–H groups in total. The SMILES string of the molecule is Cc1cc(I)ccc1CC(C)(C)[Si](C)(C)O. The zero-order valence-corrected chi connectivity index (χ0v) is 13.9. The van der Waals surface area contributed by atoms with Gasteiger partial charge in [0, 0.05) is 3.57 Å². The Kier molecular flexibility index (Phi) is 4.24. The van der Waals surface area contributed by atoms with E-state index in [0.717, 1.165) is 6.42 Å². The van der Waals surface area contributed by atoms with E-state index in [1.54, 1.807) is 0 Å². The average molecular weight is 348 g/mol. The molecule has 3 heteroatoms. The summed E-state index contributed by atoms with van der Waals surface area (Å²) in [5.74, 6) is 0. The van der Waals surface area contributed by atoms with Crippen molar-refractivity contribution in [1.29, 1.82) is 0 Å². The molecule has 1 rings (SSSR count). The second kappa shape index (κ2) is 4.78. The standard InChI is InChI=1S/C13H21IOSi/c1-10-8-12(14)7-6-11(10)9-13(2,3)16(4,5)15/h6-8,15H,9H2,1-5H3. The highest BCUT2D eigenvalue weighted by molar-refractivity contribution is 14.1. The first-order valence-electron chi connectivity index (χ1n) is 5.61. The lowest BCUT2D eigenvalue weighted by molar-refractivity contribution is 0.467. The maximum absolute atomic E-state index is 10.3. The zero-order valence-electron chi connectivity index (χ0n) is 10.8. The molecule has 16 heavy (non-hydrogen) atoms. The first-order valence-corrected chi connectivity index (χ1v) is 9.63. The highest BCUT2D eigenvalue weighted by atomic mass is 127. The summed E-state index contributed by atoms with van der Waals surface area (Å²) in [5.41, 5.74) is 2.69. The van der Waals surface area contributed by atoms with Gasteiger partial charge < -0.3 is 4.80 Å². The zero-order chi connectivity index (χ0) is 12.6. The Morgan fingerprint density at radius 2 is 1.88 bits per heavy atom. The molecule has 0 atom stereocenters. The van der Waals surface area contributed by atoms with Crippen molar-refractivity contribution in [2.45, 2.75) is 45.3 Å². The summed E-state index contributed by atoms with van der Waals surface area (Å²) in [7, 11) is -2.11. The number of hydrogen-bond acceptors (Lipinski definition) is 1. The van der Waals surface area contributed by atoms with Gasteiger partial charge in [0.1, 0.15) is 0 Å². The Balaban J connectivity index is 2.97. The van der Waals surface area contributed by atoms with Crippen molar-refractivity contribution < 1.29 is 4.80 Å². The molecule has 90 valence electrons. The van der Waals surface area contributed by atoms with Crippen molar-refractivity contribution in [3.63, 3.8) is 0 Å². The van der Waals surface area contributed by atoms with Gasteiger partial charge in [0.05, 0.1) is 0 Å². The Hall–Kier alpha value is 0.127. The van der Waals surface area contributed by atoms with Gasteiger partial charge >= 0.3 is 0 Å². The summed E-state index contributed by atoms with van der Waals surface area (Å²) in [6, 6.07) is 6.54. The van der Waals surface area contributed by atoms with Gasteiger partial charge in [-0.1, -0.05) is 19.9 Å². The molecule has 1 aromatic carbocycles. The lowest BCUT2D eigenvalue weighted by Gasteiger charge is -2.35. The molecule has 0 fully saturated rings. The monoisotopic (exact) mass is 348 g/mol. The van der Waals surface area contributed by atoms with Crippen LogP contribution in [0.4, 0.5) is 0 Å². The topological polar surface area (TPSA) is 20.2 Å². The van der Waals surface area contributed by atoms with Crippen LogP contribution in [0.1, 0.15) is 25.0 Å². The molecule has 0 aliphatic carbocycles. The van der Waals surface area contributed by atoms with E-state index in [1.165, 1.54) is 14.7 Å². The van der Waals surface area contributed by atoms with Crippen LogP contribution in [0.3, 0.4) is 0 Å². The second-order valence-electron chi connectivity index (χ2n) is 5.69. The van der Waals surface area contributed by atoms with Gasteiger partial charge in [0.15, 0.2) is 8.32 Å². The molecule has 1 nitrogen and oxygen atoms in total. The molecular formula is C13H21IOSi. The van der Waals surface area contributed by atoms with E-state index < -0.39 is 8.32 Å². The van der Waals surface area contributed by atoms with Gasteiger partial charge in [-0.05, 0) is 77.3 Å². The molecule has 0 heterocycles. The number of halogens is 1. The van der Waals surface area contributed by atoms with E-state index in [9.17, 15) is 4.80 Å². The van der Waals surface area contributed by atoms with Crippen LogP contribution in [0.2, 0.25) is 18.1 Å². The van der Waals surface area contributed by atoms with E-state index in [4.69, 9.17) is 0 Å². The fourth-order valence-corrected chi connectivity index (χ4v) is 2.82. The van der Waals surface area contributed by atoms with E-state index in [2.05, 4.69) is 61.6 Å². The second-order valence-corrected chi connectivity index (χ2v) is 11.4. The first-order chi connectivity index (χ1) is 7.13. The van der Waals surface area contributed by atoms with Crippen LogP contribution >= 0.6 is 22.6 Å². The van der Waals surface area contributed by atoms with E-state index >= 15 is 0 Å². The smallest absolute Gasteiger partial charge is 0.188 e. The van der Waals surface area contributed by atoms with Crippen LogP contribution in [0.5, 0.6) is 0 Å². The van der Waals surface area contributed by atoms with Crippen molar-refractivity contribution in [2.75, 3.05) is 0 Å². The predicted octanol–water partition coefficient (Wildman–Crippen LogP) is 4.12. The summed E-state index contributed by atoms with van der Waals surface area (Å²) in [5, 5.41) is 0.0184. The molecule has 0 bridgehead atoms. The van der Waals surface area contributed by atoms with Crippen molar-refractivity contribution in [2.24, 2.45) is 0 Å². The minimum atomic E-state index is -2.11. The largest absolute Gasteiger partial charge is 0.432 e. The fraction of sp³-hybridized carbons (Fsp3) is 0.538. The molecule has 1 aromatic rings. The van der Waals surface area contributed by atoms with Gasteiger partial charge in [-0.25, -0.2) is 0 Å². The highest BCUT2D eigenvalue weighted by Crippen LogP contribution is 2.39. The third-order valence-corrected chi connectivity index (χ3v) is 7.75. The molecule has 0 aromatic heterocycles. The van der Waals surface area contributed by atoms with Gasteiger partial charge in [-0.2, -0.15) is 0 Å². The summed E-state index contributed by atoms with van der Waals surface area (Å²) in [4.78, 5) is 10.3. The lowest BCUT2D eigenvalue weighted by atomic mass is 9.98. The Morgan fingerprint density at radius 1 is 1.31 bits per heavy atom. The van der Waals surface area contributed by atoms with Gasteiger partial charge in [-0.15, -0.1) is 0 Å². The summed E-state index contributed by atoms with van der Waals surface area (Å²) < 4.78 is 1.28. The van der Waals surface area contributed by atoms with Crippen LogP contribution in [-0.4, -0.2) is 13.1 Å². The summed E-state index contributed by atoms with van der Waals surface area (Å²) >= 11 is 2.33. The lowest BCUT2D eigenvalue weighted by Crippen LogP contribution is -2.40. The quantitative estimate of drug-likeness (QED) is 0.644. The number of aryl methyl sites for hydroxylation is 1. The maximum atomic E-state index is 10.3. The van der Waals surface area contributed by atoms with E-state index in [-0.39, 0.29) is 5.04 Å². The Morgan fingerprint density at radius 3 is 2.31 bits per heavy atom. The van der Waals surface area contributed by atoms with E-state index in [0.29, 0.717) is 0 Å². The molecule has 0 aliphatic rings. The van der Waals surface area contributed by atoms with Crippen LogP contribution in [-0.2, 0) is 6.42 Å². The van der Waals surface area contributed by atoms with Crippen molar-refractivity contribution in [3.8, 4) is 0 Å². The Bertz CT molecular complexity index is 380. The first kappa shape index (κ1) is 14.2. The normalized spacial score (nSPS) is 12.9. The molecule has 0 saturated heterocycles. The molecular weight excluding hydrogens is 327 g/mol. The van der Waals surface area contributed by atoms with Crippen molar-refractivity contribution in [3.05, 3.63) is 32.9 Å². The summed E-state index contributed by atoms with van der Waals surface area (Å²) in [6.45, 7) is 10.6. The number of rotatable bonds is 3. The molecule has 0 amide bonds. The molecule has 0 radical (unpaired) electrons. The molecule has 0 unspecified atom stereocenters. The highest BCUT2D eigenvalue weighted by Gasteiger charge is 2.38. The summed E-state index contributed by atoms with van der Waals surface area (Å²) in [6.07, 6.45) is 0.964. The van der Waals surface area contributed by atoms with Crippen LogP contribution < -0.4 is 0 Å². The fourth-order valence-electron chi connectivity index (χ4n) is 1.55. The van der Waals surface area contributed by atoms with E-state index in [1.807, 2.05) is 13.1 Å². The molecule has 0 aliphatic heterocycles. The Labute approximate surface area is 114 Å². The third kappa shape index (κ3) is 3.31. The molecule has 0 spiro atoms. The average Bonchev–Trinajstić information content (AvgIpc) is 2.08. The van der Waals surface area contributed by atoms with Crippen molar-refractivity contribution in [1.82, 2.24) is 0 Å². The van der Waals surface area contributed by atoms with Gasteiger partial charge in [0.2, 0.25) is 0 Å². The van der Waals surface area contributed by atoms with Crippen molar-refractivity contribution >= 4 is 30.9 Å².